The maximum Gasteiger partial charge on any atom is 0.0727 e. The fourth-order valence-corrected chi connectivity index (χ4v) is 2.68. The van der Waals surface area contributed by atoms with Crippen LogP contribution in [0.4, 0.5) is 0 Å². The van der Waals surface area contributed by atoms with E-state index in [1.54, 1.807) is 11.8 Å². The number of thioether (sulfide) groups is 1. The Labute approximate surface area is 119 Å². The predicted octanol–water partition coefficient (Wildman–Crippen LogP) is 3.61. The van der Waals surface area contributed by atoms with E-state index in [9.17, 15) is 0 Å². The Balaban J connectivity index is 1.96. The summed E-state index contributed by atoms with van der Waals surface area (Å²) >= 11 is 1.80. The van der Waals surface area contributed by atoms with Crippen LogP contribution in [0.25, 0.3) is 0 Å². The van der Waals surface area contributed by atoms with Crippen molar-refractivity contribution in [3.8, 4) is 0 Å². The fraction of sp³-hybridized carbons (Fsp3) is 0.400. The van der Waals surface area contributed by atoms with Crippen molar-refractivity contribution in [2.24, 2.45) is 5.73 Å². The molecule has 1 unspecified atom stereocenters. The van der Waals surface area contributed by atoms with Crippen LogP contribution in [0.5, 0.6) is 0 Å². The van der Waals surface area contributed by atoms with Crippen LogP contribution in [0, 0.1) is 0 Å². The van der Waals surface area contributed by atoms with Crippen LogP contribution in [-0.2, 0) is 12.3 Å². The zero-order valence-electron chi connectivity index (χ0n) is 11.5. The van der Waals surface area contributed by atoms with Gasteiger partial charge in [-0.15, -0.1) is 11.8 Å². The minimum Gasteiger partial charge on any atom is -0.326 e. The van der Waals surface area contributed by atoms with Gasteiger partial charge in [-0.3, -0.25) is 4.68 Å². The molecule has 2 N–H and O–H groups in total. The molecule has 0 radical (unpaired) electrons. The first-order chi connectivity index (χ1) is 9.22. The van der Waals surface area contributed by atoms with Gasteiger partial charge >= 0.3 is 0 Å². The first-order valence-corrected chi connectivity index (χ1v) is 7.67. The maximum atomic E-state index is 5.65. The van der Waals surface area contributed by atoms with Gasteiger partial charge in [0.1, 0.15) is 0 Å². The summed E-state index contributed by atoms with van der Waals surface area (Å²) in [6.07, 6.45) is 3.17. The minimum atomic E-state index is 0.472. The second kappa shape index (κ2) is 6.78. The first kappa shape index (κ1) is 14.2. The summed E-state index contributed by atoms with van der Waals surface area (Å²) in [6.45, 7) is 4.96. The molecule has 4 heteroatoms. The molecule has 1 atom stereocenters. The highest BCUT2D eigenvalue weighted by molar-refractivity contribution is 7.98. The van der Waals surface area contributed by atoms with Crippen molar-refractivity contribution in [1.29, 1.82) is 0 Å². The molecule has 3 nitrogen and oxygen atoms in total. The molecule has 1 aromatic heterocycles. The van der Waals surface area contributed by atoms with E-state index in [0.717, 1.165) is 17.9 Å². The van der Waals surface area contributed by atoms with Gasteiger partial charge in [0.25, 0.3) is 0 Å². The van der Waals surface area contributed by atoms with Crippen LogP contribution in [0.3, 0.4) is 0 Å². The van der Waals surface area contributed by atoms with Crippen LogP contribution in [-0.4, -0.2) is 9.78 Å². The molecule has 2 rings (SSSR count). The van der Waals surface area contributed by atoms with Gasteiger partial charge in [-0.1, -0.05) is 19.1 Å². The summed E-state index contributed by atoms with van der Waals surface area (Å²) < 4.78 is 2.05. The molecule has 0 aliphatic heterocycles. The highest BCUT2D eigenvalue weighted by atomic mass is 32.2. The van der Waals surface area contributed by atoms with Gasteiger partial charge in [0.15, 0.2) is 0 Å². The molecule has 0 aliphatic carbocycles. The second-order valence-electron chi connectivity index (χ2n) is 4.68. The van der Waals surface area contributed by atoms with Gasteiger partial charge in [0.05, 0.1) is 5.69 Å². The van der Waals surface area contributed by atoms with Gasteiger partial charge in [-0.25, -0.2) is 0 Å². The summed E-state index contributed by atoms with van der Waals surface area (Å²) in [4.78, 5) is 1.25. The fourth-order valence-electron chi connectivity index (χ4n) is 1.81. The number of nitrogens with zero attached hydrogens (tertiary/aromatic N) is 2. The van der Waals surface area contributed by atoms with E-state index >= 15 is 0 Å². The number of hydrogen-bond acceptors (Lipinski definition) is 3. The molecule has 0 bridgehead atoms. The van der Waals surface area contributed by atoms with E-state index < -0.39 is 0 Å². The molecule has 19 heavy (non-hydrogen) atoms. The average molecular weight is 275 g/mol. The number of benzene rings is 1. The van der Waals surface area contributed by atoms with Gasteiger partial charge in [0, 0.05) is 29.4 Å². The summed E-state index contributed by atoms with van der Waals surface area (Å²) in [5.41, 5.74) is 7.96. The topological polar surface area (TPSA) is 43.8 Å². The monoisotopic (exact) mass is 275 g/mol. The maximum absolute atomic E-state index is 5.65. The minimum absolute atomic E-state index is 0.472. The Bertz CT molecular complexity index is 522. The molecule has 1 heterocycles. The molecule has 0 spiro atoms. The third-order valence-electron chi connectivity index (χ3n) is 3.23. The number of nitrogens with two attached hydrogens (primary N) is 1. The molecule has 1 aromatic carbocycles. The molecule has 0 fully saturated rings. The van der Waals surface area contributed by atoms with E-state index in [4.69, 9.17) is 5.73 Å². The lowest BCUT2D eigenvalue weighted by Crippen LogP contribution is -2.04. The summed E-state index contributed by atoms with van der Waals surface area (Å²) in [5.74, 6) is 0.900. The Morgan fingerprint density at radius 1 is 1.37 bits per heavy atom. The van der Waals surface area contributed by atoms with Gasteiger partial charge < -0.3 is 5.73 Å². The molecule has 102 valence electrons. The Hall–Kier alpha value is -1.26. The molecule has 0 aliphatic rings. The van der Waals surface area contributed by atoms with Crippen LogP contribution in [0.2, 0.25) is 0 Å². The summed E-state index contributed by atoms with van der Waals surface area (Å²) in [7, 11) is 0. The highest BCUT2D eigenvalue weighted by Gasteiger charge is 2.05. The summed E-state index contributed by atoms with van der Waals surface area (Å²) in [6, 6.07) is 11.0. The van der Waals surface area contributed by atoms with Crippen molar-refractivity contribution >= 4 is 11.8 Å². The van der Waals surface area contributed by atoms with Crippen LogP contribution >= 0.6 is 11.8 Å². The molecule has 2 aromatic rings. The Morgan fingerprint density at radius 2 is 2.21 bits per heavy atom. The van der Waals surface area contributed by atoms with E-state index in [1.807, 2.05) is 4.68 Å². The first-order valence-electron chi connectivity index (χ1n) is 6.68. The lowest BCUT2D eigenvalue weighted by Gasteiger charge is -2.08. The zero-order chi connectivity index (χ0) is 13.7. The van der Waals surface area contributed by atoms with Crippen LogP contribution in [0.15, 0.2) is 41.4 Å². The van der Waals surface area contributed by atoms with Crippen molar-refractivity contribution in [2.75, 3.05) is 0 Å². The smallest absolute Gasteiger partial charge is 0.0727 e. The predicted molar refractivity (Wildman–Crippen MR) is 81.1 cm³/mol. The van der Waals surface area contributed by atoms with Crippen molar-refractivity contribution in [3.05, 3.63) is 47.8 Å². The van der Waals surface area contributed by atoms with Crippen molar-refractivity contribution in [1.82, 2.24) is 9.78 Å². The summed E-state index contributed by atoms with van der Waals surface area (Å²) in [5, 5.41) is 4.61. The number of aromatic nitrogens is 2. The largest absolute Gasteiger partial charge is 0.326 e. The molecular formula is C15H21N3S. The van der Waals surface area contributed by atoms with E-state index in [0.29, 0.717) is 12.6 Å². The van der Waals surface area contributed by atoms with E-state index in [1.165, 1.54) is 10.5 Å². The molecule has 0 saturated carbocycles. The normalized spacial score (nSPS) is 12.6. The van der Waals surface area contributed by atoms with Gasteiger partial charge in [-0.2, -0.15) is 5.10 Å². The average Bonchev–Trinajstić information content (AvgIpc) is 2.93. The third kappa shape index (κ3) is 3.85. The zero-order valence-corrected chi connectivity index (χ0v) is 12.4. The molecular weight excluding hydrogens is 254 g/mol. The lowest BCUT2D eigenvalue weighted by molar-refractivity contribution is 0.475. The molecule has 0 saturated heterocycles. The van der Waals surface area contributed by atoms with Crippen molar-refractivity contribution in [3.63, 3.8) is 0 Å². The van der Waals surface area contributed by atoms with Crippen LogP contribution < -0.4 is 5.73 Å². The van der Waals surface area contributed by atoms with Crippen molar-refractivity contribution < 1.29 is 0 Å². The highest BCUT2D eigenvalue weighted by Crippen LogP contribution is 2.23. The van der Waals surface area contributed by atoms with Crippen LogP contribution in [0.1, 0.15) is 37.6 Å². The van der Waals surface area contributed by atoms with Gasteiger partial charge in [-0.05, 0) is 37.1 Å². The Kier molecular flexibility index (Phi) is 5.05. The number of rotatable bonds is 6. The van der Waals surface area contributed by atoms with E-state index in [2.05, 4.69) is 55.5 Å². The third-order valence-corrected chi connectivity index (χ3v) is 4.25. The van der Waals surface area contributed by atoms with Crippen molar-refractivity contribution in [2.45, 2.75) is 43.5 Å². The molecule has 0 amide bonds. The quantitative estimate of drug-likeness (QED) is 0.819. The van der Waals surface area contributed by atoms with E-state index in [-0.39, 0.29) is 0 Å². The second-order valence-corrected chi connectivity index (χ2v) is 5.73. The lowest BCUT2D eigenvalue weighted by atomic mass is 10.2. The Morgan fingerprint density at radius 3 is 2.95 bits per heavy atom. The standard InChI is InChI=1S/C15H21N3S/c1-3-12(2)18-8-7-14(17-18)11-19-15-6-4-5-13(9-15)10-16/h4-9,12H,3,10-11,16H2,1-2H3. The number of hydrogen-bond donors (Lipinski definition) is 1. The SMILES string of the molecule is CCC(C)n1ccc(CSc2cccc(CN)c2)n1. The van der Waals surface area contributed by atoms with Gasteiger partial charge in [0.2, 0.25) is 0 Å².